The molecule has 31 heavy (non-hydrogen) atoms. The fourth-order valence-corrected chi connectivity index (χ4v) is 4.87. The van der Waals surface area contributed by atoms with Crippen LogP contribution < -0.4 is 15.2 Å². The monoisotopic (exact) mass is 465 g/mol. The van der Waals surface area contributed by atoms with Crippen molar-refractivity contribution in [3.05, 3.63) is 40.9 Å². The zero-order valence-corrected chi connectivity index (χ0v) is 19.2. The maximum absolute atomic E-state index is 15.9. The molecule has 9 heteroatoms. The van der Waals surface area contributed by atoms with Gasteiger partial charge in [0.15, 0.2) is 11.4 Å². The highest BCUT2D eigenvalue weighted by Gasteiger charge is 2.27. The van der Waals surface area contributed by atoms with Crippen LogP contribution in [-0.4, -0.2) is 43.5 Å². The van der Waals surface area contributed by atoms with Crippen LogP contribution in [0, 0.1) is 11.6 Å². The summed E-state index contributed by atoms with van der Waals surface area (Å²) in [7, 11) is -1.51. The molecular formula is C22H23ClF2N3O2P. The summed E-state index contributed by atoms with van der Waals surface area (Å²) >= 11 is 6.49. The molecular weight excluding hydrogens is 443 g/mol. The van der Waals surface area contributed by atoms with E-state index in [9.17, 15) is 8.96 Å². The molecule has 0 aliphatic carbocycles. The third-order valence-electron chi connectivity index (χ3n) is 5.43. The van der Waals surface area contributed by atoms with E-state index < -0.39 is 18.8 Å². The Balaban J connectivity index is 2.06. The molecule has 0 amide bonds. The Morgan fingerprint density at radius 3 is 2.45 bits per heavy atom. The Morgan fingerprint density at radius 1 is 1.10 bits per heavy atom. The van der Waals surface area contributed by atoms with Crippen LogP contribution in [0.15, 0.2) is 24.3 Å². The second-order valence-electron chi connectivity index (χ2n) is 8.01. The van der Waals surface area contributed by atoms with Gasteiger partial charge in [-0.25, -0.2) is 18.7 Å². The summed E-state index contributed by atoms with van der Waals surface area (Å²) in [5.41, 5.74) is -0.155. The summed E-state index contributed by atoms with van der Waals surface area (Å²) in [5, 5.41) is 0.444. The van der Waals surface area contributed by atoms with Crippen molar-refractivity contribution in [1.29, 1.82) is 0 Å². The Bertz CT molecular complexity index is 1210. The Hall–Kier alpha value is -2.24. The third kappa shape index (κ3) is 4.01. The van der Waals surface area contributed by atoms with Gasteiger partial charge in [0.2, 0.25) is 0 Å². The number of hydrogen-bond acceptors (Lipinski definition) is 5. The Labute approximate surface area is 184 Å². The van der Waals surface area contributed by atoms with Gasteiger partial charge in [0.25, 0.3) is 0 Å². The number of piperidine rings is 1. The van der Waals surface area contributed by atoms with Crippen molar-refractivity contribution in [2.75, 3.05) is 38.4 Å². The lowest BCUT2D eigenvalue weighted by Crippen LogP contribution is -2.32. The van der Waals surface area contributed by atoms with E-state index in [0.717, 1.165) is 32.4 Å². The molecule has 0 bridgehead atoms. The fraction of sp³-hybridized carbons (Fsp3) is 0.364. The van der Waals surface area contributed by atoms with Gasteiger partial charge < -0.3 is 14.2 Å². The van der Waals surface area contributed by atoms with E-state index in [1.807, 2.05) is 4.90 Å². The average Bonchev–Trinajstić information content (AvgIpc) is 2.74. The van der Waals surface area contributed by atoms with Crippen LogP contribution in [0.1, 0.15) is 19.3 Å². The largest absolute Gasteiger partial charge is 0.496 e. The number of ether oxygens (including phenoxy) is 1. The fourth-order valence-electron chi connectivity index (χ4n) is 3.90. The van der Waals surface area contributed by atoms with Gasteiger partial charge in [0, 0.05) is 24.0 Å². The molecule has 0 radical (unpaired) electrons. The zero-order chi connectivity index (χ0) is 22.3. The predicted molar refractivity (Wildman–Crippen MR) is 122 cm³/mol. The predicted octanol–water partition coefficient (Wildman–Crippen LogP) is 5.48. The number of aromatic nitrogens is 2. The first kappa shape index (κ1) is 22.0. The summed E-state index contributed by atoms with van der Waals surface area (Å²) in [5.74, 6) is -0.790. The molecule has 0 N–H and O–H groups in total. The highest BCUT2D eigenvalue weighted by atomic mass is 35.5. The number of methoxy groups -OCH3 is 1. The van der Waals surface area contributed by atoms with E-state index in [1.54, 1.807) is 19.4 Å². The van der Waals surface area contributed by atoms with E-state index in [1.165, 1.54) is 25.3 Å². The molecule has 4 rings (SSSR count). The lowest BCUT2D eigenvalue weighted by atomic mass is 10.0. The second kappa shape index (κ2) is 8.36. The lowest BCUT2D eigenvalue weighted by molar-refractivity contribution is 0.413. The molecule has 1 aromatic heterocycles. The molecule has 5 nitrogen and oxygen atoms in total. The van der Waals surface area contributed by atoms with Crippen molar-refractivity contribution >= 4 is 41.0 Å². The molecule has 0 saturated carbocycles. The van der Waals surface area contributed by atoms with E-state index in [2.05, 4.69) is 9.97 Å². The normalized spacial score (nSPS) is 14.8. The van der Waals surface area contributed by atoms with Gasteiger partial charge in [0.1, 0.15) is 30.0 Å². The van der Waals surface area contributed by atoms with Crippen molar-refractivity contribution < 1.29 is 18.1 Å². The van der Waals surface area contributed by atoms with Crippen molar-refractivity contribution in [3.8, 4) is 16.9 Å². The first-order valence-electron chi connectivity index (χ1n) is 10.1. The number of nitrogens with zero attached hydrogens (tertiary/aromatic N) is 3. The molecule has 164 valence electrons. The number of benzene rings is 2. The molecule has 1 aliphatic rings. The number of anilines is 1. The highest BCUT2D eigenvalue weighted by Crippen LogP contribution is 2.43. The molecule has 2 aromatic carbocycles. The quantitative estimate of drug-likeness (QED) is 0.478. The minimum Gasteiger partial charge on any atom is -0.496 e. The number of halogens is 3. The molecule has 1 aliphatic heterocycles. The van der Waals surface area contributed by atoms with Crippen molar-refractivity contribution in [2.45, 2.75) is 19.3 Å². The van der Waals surface area contributed by atoms with Crippen molar-refractivity contribution in [2.24, 2.45) is 0 Å². The standard InChI is InChI=1S/C22H23ClF2N3O2P/c1-30-16-9-7-8-15(24)18(16)17-14(23)12-13-20(19(17)25)26-22(31(2,3)29)27-21(13)28-10-5-4-6-11-28/h7-9,12H,4-6,10-11H2,1-3H3. The summed E-state index contributed by atoms with van der Waals surface area (Å²) in [4.78, 5) is 10.9. The maximum Gasteiger partial charge on any atom is 0.191 e. The van der Waals surface area contributed by atoms with E-state index in [4.69, 9.17) is 16.3 Å². The van der Waals surface area contributed by atoms with Crippen molar-refractivity contribution in [3.63, 3.8) is 0 Å². The summed E-state index contributed by atoms with van der Waals surface area (Å²) in [6.45, 7) is 4.60. The summed E-state index contributed by atoms with van der Waals surface area (Å²) in [6, 6.07) is 5.79. The van der Waals surface area contributed by atoms with E-state index >= 15 is 4.39 Å². The van der Waals surface area contributed by atoms with Gasteiger partial charge in [-0.1, -0.05) is 17.7 Å². The second-order valence-corrected chi connectivity index (χ2v) is 11.5. The van der Waals surface area contributed by atoms with Crippen LogP contribution in [0.2, 0.25) is 5.02 Å². The van der Waals surface area contributed by atoms with Gasteiger partial charge in [-0.3, -0.25) is 0 Å². The maximum atomic E-state index is 15.9. The molecule has 0 spiro atoms. The van der Waals surface area contributed by atoms with Gasteiger partial charge in [-0.15, -0.1) is 0 Å². The molecule has 1 saturated heterocycles. The van der Waals surface area contributed by atoms with Gasteiger partial charge in [-0.2, -0.15) is 0 Å². The first-order valence-corrected chi connectivity index (χ1v) is 13.0. The lowest BCUT2D eigenvalue weighted by Gasteiger charge is -2.29. The minimum atomic E-state index is -2.89. The van der Waals surface area contributed by atoms with Gasteiger partial charge >= 0.3 is 0 Å². The van der Waals surface area contributed by atoms with Crippen LogP contribution in [0.4, 0.5) is 14.6 Å². The van der Waals surface area contributed by atoms with Crippen molar-refractivity contribution in [1.82, 2.24) is 9.97 Å². The van der Waals surface area contributed by atoms with Gasteiger partial charge in [0.05, 0.1) is 17.7 Å². The van der Waals surface area contributed by atoms with E-state index in [0.29, 0.717) is 11.2 Å². The smallest absolute Gasteiger partial charge is 0.191 e. The average molecular weight is 466 g/mol. The van der Waals surface area contributed by atoms with E-state index in [-0.39, 0.29) is 33.0 Å². The summed E-state index contributed by atoms with van der Waals surface area (Å²) in [6.07, 6.45) is 3.08. The van der Waals surface area contributed by atoms with Crippen LogP contribution >= 0.6 is 18.7 Å². The Kier molecular flexibility index (Phi) is 5.93. The number of fused-ring (bicyclic) bond motifs is 1. The number of hydrogen-bond donors (Lipinski definition) is 0. The number of rotatable bonds is 4. The molecule has 0 unspecified atom stereocenters. The van der Waals surface area contributed by atoms with Crippen LogP contribution in [0.25, 0.3) is 22.0 Å². The van der Waals surface area contributed by atoms with Crippen LogP contribution in [0.3, 0.4) is 0 Å². The highest BCUT2D eigenvalue weighted by molar-refractivity contribution is 7.69. The summed E-state index contributed by atoms with van der Waals surface area (Å²) < 4.78 is 48.7. The topological polar surface area (TPSA) is 55.3 Å². The third-order valence-corrected chi connectivity index (χ3v) is 6.89. The minimum absolute atomic E-state index is 0.0270. The SMILES string of the molecule is COc1cccc(F)c1-c1c(Cl)cc2c(N3CCCCC3)nc(P(C)(C)=O)nc2c1F. The molecule has 2 heterocycles. The molecule has 3 aromatic rings. The molecule has 1 fully saturated rings. The van der Waals surface area contributed by atoms with Crippen LogP contribution in [-0.2, 0) is 4.57 Å². The zero-order valence-electron chi connectivity index (χ0n) is 17.6. The molecule has 0 atom stereocenters. The first-order chi connectivity index (χ1) is 14.7. The van der Waals surface area contributed by atoms with Gasteiger partial charge in [-0.05, 0) is 50.8 Å². The van der Waals surface area contributed by atoms with Crippen LogP contribution in [0.5, 0.6) is 5.75 Å². The Morgan fingerprint density at radius 2 is 1.81 bits per heavy atom.